The summed E-state index contributed by atoms with van der Waals surface area (Å²) in [5, 5.41) is 11.5. The number of hydroxylamine groups is 1. The second kappa shape index (κ2) is 36.5. The third-order valence-corrected chi connectivity index (χ3v) is 13.0. The van der Waals surface area contributed by atoms with Gasteiger partial charge in [-0.15, -0.1) is 0 Å². The molecule has 8 heterocycles. The Bertz CT molecular complexity index is 3770. The Hall–Kier alpha value is -8.42. The van der Waals surface area contributed by atoms with Crippen molar-refractivity contribution in [2.75, 3.05) is 40.5 Å². The molecule has 0 atom stereocenters. The van der Waals surface area contributed by atoms with E-state index in [0.717, 1.165) is 125 Å². The first-order chi connectivity index (χ1) is 42.2. The van der Waals surface area contributed by atoms with Gasteiger partial charge in [0, 0.05) is 50.7 Å². The van der Waals surface area contributed by atoms with E-state index >= 15 is 0 Å². The van der Waals surface area contributed by atoms with E-state index in [4.69, 9.17) is 33.3 Å². The van der Waals surface area contributed by atoms with Crippen molar-refractivity contribution in [2.45, 2.75) is 71.1 Å². The first-order valence-corrected chi connectivity index (χ1v) is 28.9. The molecule has 0 saturated heterocycles. The van der Waals surface area contributed by atoms with Crippen LogP contribution in [0.2, 0.25) is 0 Å². The smallest absolute Gasteiger partial charge is 1.00 e. The Labute approximate surface area is 555 Å². The number of benzene rings is 4. The van der Waals surface area contributed by atoms with Gasteiger partial charge in [0.05, 0.1) is 6.61 Å². The van der Waals surface area contributed by atoms with E-state index in [-0.39, 0.29) is 70.7 Å². The molecule has 8 aromatic heterocycles. The van der Waals surface area contributed by atoms with E-state index in [9.17, 15) is 9.59 Å². The second-order valence-electron chi connectivity index (χ2n) is 18.8. The average molecular weight is 1270 g/mol. The molecule has 0 spiro atoms. The van der Waals surface area contributed by atoms with Crippen molar-refractivity contribution in [1.82, 2.24) is 45.4 Å². The number of hydrogen-bond acceptors (Lipinski definition) is 20. The first kappa shape index (κ1) is 66.1. The van der Waals surface area contributed by atoms with Gasteiger partial charge < -0.3 is 29.6 Å². The first-order valence-electron chi connectivity index (χ1n) is 28.1. The normalized spacial score (nSPS) is 10.4. The quantitative estimate of drug-likeness (QED) is 0.0130. The van der Waals surface area contributed by atoms with Crippen LogP contribution < -0.4 is 77.7 Å². The summed E-state index contributed by atoms with van der Waals surface area (Å²) in [7, 11) is 0. The van der Waals surface area contributed by atoms with E-state index in [1.54, 1.807) is 30.3 Å². The number of fused-ring (bicyclic) bond motifs is 4. The summed E-state index contributed by atoms with van der Waals surface area (Å²) in [6, 6.07) is 55.1. The number of unbranched alkanes of at least 4 members (excludes halogenated alkanes) is 6. The molecule has 0 aliphatic carbocycles. The molecule has 21 nitrogen and oxygen atoms in total. The van der Waals surface area contributed by atoms with E-state index in [2.05, 4.69) is 61.1 Å². The Kier molecular flexibility index (Phi) is 27.8. The van der Waals surface area contributed by atoms with Gasteiger partial charge in [-0.25, -0.2) is 25.4 Å². The fourth-order valence-electron chi connectivity index (χ4n) is 8.39. The minimum Gasteiger partial charge on any atom is -1.00 e. The SMILES string of the molecule is Brc1ccccn1.CCOC(=O)CCCCCCN(c1ccccn1)c1nc2ccccc2o1.Nc1nc2ccccc2o1.O=C(CCCCCCN(c1ccccn1)c1nc2ccccc2o1)NO.[H-].[K+].c1ccc(Nc2nc3ccccc3o2)nc1. The van der Waals surface area contributed by atoms with Crippen molar-refractivity contribution in [3.05, 3.63) is 199 Å². The van der Waals surface area contributed by atoms with Crippen LogP contribution in [0.25, 0.3) is 44.4 Å². The Balaban J connectivity index is 0.000000187. The number of nitrogen functional groups attached to an aromatic ring is 1. The number of aromatic nitrogens is 8. The molecule has 87 heavy (non-hydrogen) atoms. The summed E-state index contributed by atoms with van der Waals surface area (Å²) in [5.74, 6) is 1.87. The van der Waals surface area contributed by atoms with E-state index in [1.807, 2.05) is 187 Å². The van der Waals surface area contributed by atoms with Gasteiger partial charge in [-0.05, 0) is 146 Å². The minimum absolute atomic E-state index is 0. The van der Waals surface area contributed by atoms with Crippen molar-refractivity contribution in [2.24, 2.45) is 0 Å². The van der Waals surface area contributed by atoms with Crippen LogP contribution in [0.3, 0.4) is 0 Å². The summed E-state index contributed by atoms with van der Waals surface area (Å²) in [6.45, 7) is 3.75. The summed E-state index contributed by atoms with van der Waals surface area (Å²) in [4.78, 5) is 60.7. The zero-order valence-electron chi connectivity index (χ0n) is 49.4. The molecule has 0 saturated carbocycles. The topological polar surface area (TPSA) is 276 Å². The number of carbonyl (C=O) groups is 2. The van der Waals surface area contributed by atoms with Gasteiger partial charge in [-0.1, -0.05) is 98.5 Å². The van der Waals surface area contributed by atoms with Crippen molar-refractivity contribution in [3.8, 4) is 0 Å². The molecule has 4 aromatic carbocycles. The number of nitrogens with zero attached hydrogens (tertiary/aromatic N) is 10. The zero-order chi connectivity index (χ0) is 60.0. The van der Waals surface area contributed by atoms with Crippen LogP contribution in [0.1, 0.15) is 72.6 Å². The van der Waals surface area contributed by atoms with Crippen LogP contribution in [0, 0.1) is 0 Å². The van der Waals surface area contributed by atoms with Crippen molar-refractivity contribution in [3.63, 3.8) is 0 Å². The molecular formula is C64H67BrKN13O8. The van der Waals surface area contributed by atoms with Gasteiger partial charge in [-0.2, -0.15) is 19.9 Å². The zero-order valence-corrected chi connectivity index (χ0v) is 53.1. The maximum atomic E-state index is 11.4. The monoisotopic (exact) mass is 1260 g/mol. The molecule has 0 radical (unpaired) electrons. The Morgan fingerprint density at radius 2 is 0.954 bits per heavy atom. The predicted molar refractivity (Wildman–Crippen MR) is 336 cm³/mol. The molecule has 444 valence electrons. The molecule has 0 aliphatic rings. The number of hydrogen-bond donors (Lipinski definition) is 4. The standard InChI is InChI=1S/C21H25N3O3.C19H22N4O3.C12H9N3O.C7H6N2O.C5H4BrN.K.H/c1-2-26-20(25)14-5-3-4-10-16-24(19-13-8-9-15-22-19)21-23-17-11-6-7-12-18(17)27-21;24-18(22-25)12-3-1-2-8-14-23(17-11-6-7-13-20-17)19-21-15-9-4-5-10-16(15)26-19;1-2-6-10-9(5-1)14-12(16-10)15-11-7-3-4-8-13-11;8-7-9-5-3-1-2-4-6(5)10-7;6-5-3-1-2-4-7-5;;/h6-9,11-13,15H,2-5,10,14,16H2,1H3;4-7,9-11,13,25H,1-3,8,12,14H2,(H,22,24);1-8H,(H,13,14,15);1-4H,(H2,8,9);1-4H;;/q;;;;;+1;-1. The number of rotatable bonds is 21. The van der Waals surface area contributed by atoms with Crippen LogP contribution in [-0.2, 0) is 14.3 Å². The molecule has 0 aliphatic heterocycles. The minimum atomic E-state index is -0.341. The number of esters is 1. The number of anilines is 7. The summed E-state index contributed by atoms with van der Waals surface area (Å²) >= 11 is 3.20. The summed E-state index contributed by atoms with van der Waals surface area (Å²) in [6.07, 6.45) is 15.1. The number of amides is 1. The number of carbonyl (C=O) groups excluding carboxylic acids is 2. The van der Waals surface area contributed by atoms with Crippen molar-refractivity contribution >= 4 is 114 Å². The molecular weight excluding hydrogens is 1200 g/mol. The predicted octanol–water partition coefficient (Wildman–Crippen LogP) is 12.0. The summed E-state index contributed by atoms with van der Waals surface area (Å²) in [5.41, 5.74) is 13.3. The molecule has 1 amide bonds. The van der Waals surface area contributed by atoms with E-state index < -0.39 is 0 Å². The molecule has 0 bridgehead atoms. The van der Waals surface area contributed by atoms with Gasteiger partial charge in [0.25, 0.3) is 6.01 Å². The molecule has 12 rings (SSSR count). The maximum absolute atomic E-state index is 11.4. The third kappa shape index (κ3) is 21.8. The van der Waals surface area contributed by atoms with Crippen molar-refractivity contribution in [1.29, 1.82) is 0 Å². The van der Waals surface area contributed by atoms with Crippen LogP contribution in [0.15, 0.2) is 217 Å². The van der Waals surface area contributed by atoms with Crippen LogP contribution in [0.5, 0.6) is 0 Å². The third-order valence-electron chi connectivity index (χ3n) is 12.5. The van der Waals surface area contributed by atoms with Crippen LogP contribution in [0.4, 0.5) is 41.5 Å². The van der Waals surface area contributed by atoms with Gasteiger partial charge in [0.2, 0.25) is 5.91 Å². The van der Waals surface area contributed by atoms with Crippen LogP contribution >= 0.6 is 15.9 Å². The Morgan fingerprint density at radius 1 is 0.517 bits per heavy atom. The number of nitrogens with one attached hydrogen (secondary N) is 2. The summed E-state index contributed by atoms with van der Waals surface area (Å²) < 4.78 is 28.2. The number of halogens is 1. The van der Waals surface area contributed by atoms with Gasteiger partial charge in [0.15, 0.2) is 22.3 Å². The molecule has 0 unspecified atom stereocenters. The molecule has 12 aromatic rings. The maximum Gasteiger partial charge on any atom is 1.00 e. The molecule has 0 fully saturated rings. The van der Waals surface area contributed by atoms with E-state index in [1.165, 1.54) is 0 Å². The van der Waals surface area contributed by atoms with Crippen LogP contribution in [-0.4, -0.2) is 76.7 Å². The fourth-order valence-corrected chi connectivity index (χ4v) is 8.66. The van der Waals surface area contributed by atoms with Crippen molar-refractivity contribution < 1.29 is 90.0 Å². The number of para-hydroxylation sites is 8. The van der Waals surface area contributed by atoms with Gasteiger partial charge in [0.1, 0.15) is 44.1 Å². The average Bonchev–Trinajstić information content (AvgIpc) is 3.94. The Morgan fingerprint density at radius 3 is 1.38 bits per heavy atom. The van der Waals surface area contributed by atoms with Gasteiger partial charge in [-0.3, -0.25) is 29.9 Å². The fraction of sp³-hybridized carbons (Fsp3) is 0.219. The number of ether oxygens (including phenoxy) is 1. The molecule has 5 N–H and O–H groups in total. The number of pyridine rings is 4. The molecule has 23 heteroatoms. The number of oxazole rings is 4. The van der Waals surface area contributed by atoms with Gasteiger partial charge >= 0.3 is 75.4 Å². The van der Waals surface area contributed by atoms with E-state index in [0.29, 0.717) is 43.3 Å². The number of nitrogens with two attached hydrogens (primary N) is 1. The largest absolute Gasteiger partial charge is 1.00 e. The second-order valence-corrected chi connectivity index (χ2v) is 19.6.